The maximum absolute atomic E-state index is 9.85. The number of hydrogen-bond donors (Lipinski definition) is 3. The van der Waals surface area contributed by atoms with E-state index in [1.165, 1.54) is 89.9 Å². The lowest BCUT2D eigenvalue weighted by Gasteiger charge is -2.35. The van der Waals surface area contributed by atoms with E-state index >= 15 is 0 Å². The van der Waals surface area contributed by atoms with Gasteiger partial charge in [0.05, 0.1) is 13.2 Å². The monoisotopic (exact) mass is 442 g/mol. The van der Waals surface area contributed by atoms with E-state index in [0.717, 1.165) is 12.8 Å². The van der Waals surface area contributed by atoms with Crippen molar-refractivity contribution in [3.8, 4) is 0 Å². The van der Waals surface area contributed by atoms with E-state index in [0.29, 0.717) is 6.61 Å². The Hall–Kier alpha value is -0.460. The van der Waals surface area contributed by atoms with Crippen LogP contribution < -0.4 is 0 Å². The van der Waals surface area contributed by atoms with Gasteiger partial charge in [0.25, 0.3) is 0 Å². The van der Waals surface area contributed by atoms with Gasteiger partial charge in [-0.15, -0.1) is 0 Å². The van der Waals surface area contributed by atoms with Crippen LogP contribution in [0.4, 0.5) is 0 Å². The second-order valence-electron chi connectivity index (χ2n) is 9.14. The third kappa shape index (κ3) is 15.1. The molecule has 1 fully saturated rings. The Bertz CT molecular complexity index is 415. The van der Waals surface area contributed by atoms with Crippen LogP contribution in [0.2, 0.25) is 0 Å². The first-order valence-electron chi connectivity index (χ1n) is 13.0. The van der Waals surface area contributed by atoms with Crippen molar-refractivity contribution >= 4 is 0 Å². The highest BCUT2D eigenvalue weighted by Gasteiger charge is 2.37. The van der Waals surface area contributed by atoms with Gasteiger partial charge in [-0.25, -0.2) is 0 Å². The molecule has 0 aromatic carbocycles. The van der Waals surface area contributed by atoms with Crippen LogP contribution >= 0.6 is 0 Å². The van der Waals surface area contributed by atoms with E-state index in [1.54, 1.807) is 0 Å². The lowest BCUT2D eigenvalue weighted by atomic mass is 10.0. The summed E-state index contributed by atoms with van der Waals surface area (Å²) in [6, 6.07) is 0. The predicted molar refractivity (Wildman–Crippen MR) is 127 cm³/mol. The molecule has 5 heteroatoms. The van der Waals surface area contributed by atoms with Gasteiger partial charge in [0, 0.05) is 6.61 Å². The molecule has 1 aliphatic rings. The molecule has 0 aromatic heterocycles. The van der Waals surface area contributed by atoms with E-state index < -0.39 is 24.4 Å². The van der Waals surface area contributed by atoms with Crippen LogP contribution in [0.5, 0.6) is 0 Å². The molecule has 1 heterocycles. The predicted octanol–water partition coefficient (Wildman–Crippen LogP) is 5.30. The van der Waals surface area contributed by atoms with Crippen molar-refractivity contribution in [1.82, 2.24) is 0 Å². The normalized spacial score (nSPS) is 24.3. The Balaban J connectivity index is 1.77. The van der Waals surface area contributed by atoms with Gasteiger partial charge in [0.2, 0.25) is 0 Å². The first-order chi connectivity index (χ1) is 15.2. The van der Waals surface area contributed by atoms with Crippen LogP contribution in [0.3, 0.4) is 0 Å². The lowest BCUT2D eigenvalue weighted by molar-refractivity contribution is -0.199. The third-order valence-electron chi connectivity index (χ3n) is 6.19. The number of aliphatic hydroxyl groups excluding tert-OH is 3. The standard InChI is InChI=1S/C26H50O5/c1-2-3-4-5-6-7-8-9-10-11-12-13-14-15-16-17-18-19-20-30-22-24-26(29)25(28)23(27)21-31-24/h10-11,23-29H,2-9,12-22H2,1H3/b11-10+/t23-,24+,25+,26+/m0/s1. The van der Waals surface area contributed by atoms with E-state index in [2.05, 4.69) is 19.1 Å². The number of hydrogen-bond acceptors (Lipinski definition) is 5. The summed E-state index contributed by atoms with van der Waals surface area (Å²) < 4.78 is 10.9. The molecule has 0 amide bonds. The summed E-state index contributed by atoms with van der Waals surface area (Å²) in [6.07, 6.45) is 21.8. The molecule has 0 bridgehead atoms. The summed E-state index contributed by atoms with van der Waals surface area (Å²) >= 11 is 0. The van der Waals surface area contributed by atoms with Crippen LogP contribution in [0.1, 0.15) is 110 Å². The number of aliphatic hydroxyl groups is 3. The Morgan fingerprint density at radius 1 is 0.710 bits per heavy atom. The average Bonchev–Trinajstić information content (AvgIpc) is 2.77. The maximum atomic E-state index is 9.85. The summed E-state index contributed by atoms with van der Waals surface area (Å²) in [4.78, 5) is 0. The molecule has 0 aromatic rings. The molecule has 184 valence electrons. The van der Waals surface area contributed by atoms with E-state index in [4.69, 9.17) is 9.47 Å². The molecule has 0 aliphatic carbocycles. The summed E-state index contributed by atoms with van der Waals surface area (Å²) in [5, 5.41) is 28.9. The van der Waals surface area contributed by atoms with E-state index in [1.807, 2.05) is 0 Å². The Morgan fingerprint density at radius 2 is 1.23 bits per heavy atom. The number of allylic oxidation sites excluding steroid dienone is 2. The molecule has 5 nitrogen and oxygen atoms in total. The first kappa shape index (κ1) is 28.6. The SMILES string of the molecule is CCCCCCCCC/C=C/CCCCCCCCCOC[C@H]1OC[C@H](O)[C@@H](O)[C@@H]1O. The third-order valence-corrected chi connectivity index (χ3v) is 6.19. The van der Waals surface area contributed by atoms with Gasteiger partial charge < -0.3 is 24.8 Å². The quantitative estimate of drug-likeness (QED) is 0.176. The van der Waals surface area contributed by atoms with E-state index in [-0.39, 0.29) is 13.2 Å². The van der Waals surface area contributed by atoms with Crippen molar-refractivity contribution in [3.63, 3.8) is 0 Å². The van der Waals surface area contributed by atoms with Crippen molar-refractivity contribution < 1.29 is 24.8 Å². The van der Waals surface area contributed by atoms with Gasteiger partial charge in [-0.05, 0) is 32.1 Å². The van der Waals surface area contributed by atoms with Gasteiger partial charge in [-0.1, -0.05) is 89.7 Å². The molecule has 0 spiro atoms. The molecular formula is C26H50O5. The molecule has 0 saturated carbocycles. The zero-order valence-corrected chi connectivity index (χ0v) is 20.1. The van der Waals surface area contributed by atoms with Crippen molar-refractivity contribution in [3.05, 3.63) is 12.2 Å². The zero-order valence-electron chi connectivity index (χ0n) is 20.1. The fourth-order valence-electron chi connectivity index (χ4n) is 4.02. The minimum Gasteiger partial charge on any atom is -0.388 e. The highest BCUT2D eigenvalue weighted by molar-refractivity contribution is 4.86. The molecule has 1 aliphatic heterocycles. The lowest BCUT2D eigenvalue weighted by Crippen LogP contribution is -2.54. The zero-order chi connectivity index (χ0) is 22.6. The van der Waals surface area contributed by atoms with Crippen LogP contribution in [0.25, 0.3) is 0 Å². The number of unbranched alkanes of at least 4 members (excludes halogenated alkanes) is 14. The largest absolute Gasteiger partial charge is 0.388 e. The van der Waals surface area contributed by atoms with Crippen LogP contribution in [0.15, 0.2) is 12.2 Å². The number of rotatable bonds is 20. The fourth-order valence-corrected chi connectivity index (χ4v) is 4.02. The van der Waals surface area contributed by atoms with Gasteiger partial charge in [0.15, 0.2) is 0 Å². The van der Waals surface area contributed by atoms with Gasteiger partial charge in [0.1, 0.15) is 24.4 Å². The van der Waals surface area contributed by atoms with Crippen molar-refractivity contribution in [2.75, 3.05) is 19.8 Å². The minimum absolute atomic E-state index is 0.0429. The molecule has 4 atom stereocenters. The Morgan fingerprint density at radius 3 is 1.81 bits per heavy atom. The minimum atomic E-state index is -1.15. The van der Waals surface area contributed by atoms with Crippen molar-refractivity contribution in [2.45, 2.75) is 134 Å². The van der Waals surface area contributed by atoms with Gasteiger partial charge in [-0.3, -0.25) is 0 Å². The summed E-state index contributed by atoms with van der Waals surface area (Å²) in [5.74, 6) is 0. The smallest absolute Gasteiger partial charge is 0.111 e. The van der Waals surface area contributed by atoms with Crippen molar-refractivity contribution in [1.29, 1.82) is 0 Å². The molecule has 3 N–H and O–H groups in total. The van der Waals surface area contributed by atoms with Crippen LogP contribution in [0, 0.1) is 0 Å². The maximum Gasteiger partial charge on any atom is 0.111 e. The highest BCUT2D eigenvalue weighted by atomic mass is 16.6. The molecular weight excluding hydrogens is 392 g/mol. The summed E-state index contributed by atoms with van der Waals surface area (Å²) in [5.41, 5.74) is 0. The first-order valence-corrected chi connectivity index (χ1v) is 13.0. The highest BCUT2D eigenvalue weighted by Crippen LogP contribution is 2.16. The molecule has 31 heavy (non-hydrogen) atoms. The second kappa shape index (κ2) is 20.2. The van der Waals surface area contributed by atoms with Crippen LogP contribution in [-0.4, -0.2) is 59.6 Å². The van der Waals surface area contributed by atoms with E-state index in [9.17, 15) is 15.3 Å². The van der Waals surface area contributed by atoms with Crippen LogP contribution in [-0.2, 0) is 9.47 Å². The molecule has 0 unspecified atom stereocenters. The Kier molecular flexibility index (Phi) is 18.6. The summed E-state index contributed by atoms with van der Waals surface area (Å²) in [6.45, 7) is 3.22. The van der Waals surface area contributed by atoms with Crippen molar-refractivity contribution in [2.24, 2.45) is 0 Å². The second-order valence-corrected chi connectivity index (χ2v) is 9.14. The molecule has 1 rings (SSSR count). The van der Waals surface area contributed by atoms with Gasteiger partial charge >= 0.3 is 0 Å². The average molecular weight is 443 g/mol. The molecule has 1 saturated heterocycles. The topological polar surface area (TPSA) is 79.2 Å². The fraction of sp³-hybridized carbons (Fsp3) is 0.923. The number of ether oxygens (including phenoxy) is 2. The van der Waals surface area contributed by atoms with Gasteiger partial charge in [-0.2, -0.15) is 0 Å². The summed E-state index contributed by atoms with van der Waals surface area (Å²) in [7, 11) is 0. The molecule has 0 radical (unpaired) electrons. The Labute approximate surface area is 191 Å².